The molecule has 1 amide bonds. The fourth-order valence-electron chi connectivity index (χ4n) is 4.74. The summed E-state index contributed by atoms with van der Waals surface area (Å²) in [4.78, 5) is 42.2. The van der Waals surface area contributed by atoms with Crippen LogP contribution in [0.2, 0.25) is 0 Å². The summed E-state index contributed by atoms with van der Waals surface area (Å²) in [6, 6.07) is 5.87. The highest BCUT2D eigenvalue weighted by Crippen LogP contribution is 2.30. The van der Waals surface area contributed by atoms with Crippen LogP contribution in [0.1, 0.15) is 53.5 Å². The van der Waals surface area contributed by atoms with Crippen LogP contribution >= 0.6 is 11.3 Å². The standard InChI is InChI=1S/C24H27N5O2S/c30-22(13-18-7-12-32-16-18)29-10-2-1-3-21(29)23-26-20-15-28(11-6-19(20)24(31)27-23)14-17-4-8-25-9-5-17/h4-5,7-9,12,16,21H,1-3,6,10-11,13-15H2,(H,26,27,31)/t21-/m1/s1. The minimum atomic E-state index is -0.163. The minimum absolute atomic E-state index is 0.0515. The number of likely N-dealkylation sites (tertiary alicyclic amines) is 1. The monoisotopic (exact) mass is 449 g/mol. The first-order valence-corrected chi connectivity index (χ1v) is 12.2. The molecule has 0 saturated carbocycles. The van der Waals surface area contributed by atoms with Gasteiger partial charge in [0.15, 0.2) is 0 Å². The number of thiophene rings is 1. The van der Waals surface area contributed by atoms with E-state index in [1.54, 1.807) is 23.7 Å². The first kappa shape index (κ1) is 21.0. The number of nitrogens with zero attached hydrogens (tertiary/aromatic N) is 4. The van der Waals surface area contributed by atoms with Crippen molar-refractivity contribution in [3.8, 4) is 0 Å². The zero-order valence-corrected chi connectivity index (χ0v) is 18.8. The number of carbonyl (C=O) groups is 1. The predicted octanol–water partition coefficient (Wildman–Crippen LogP) is 3.08. The van der Waals surface area contributed by atoms with Crippen LogP contribution in [0.4, 0.5) is 0 Å². The van der Waals surface area contributed by atoms with Gasteiger partial charge in [-0.3, -0.25) is 19.5 Å². The van der Waals surface area contributed by atoms with Crippen LogP contribution < -0.4 is 5.56 Å². The molecule has 8 heteroatoms. The largest absolute Gasteiger partial charge is 0.332 e. The molecule has 32 heavy (non-hydrogen) atoms. The molecule has 5 heterocycles. The zero-order valence-electron chi connectivity index (χ0n) is 18.0. The number of nitrogens with one attached hydrogen (secondary N) is 1. The van der Waals surface area contributed by atoms with Crippen molar-refractivity contribution in [2.45, 2.75) is 51.2 Å². The van der Waals surface area contributed by atoms with Crippen LogP contribution in [0.3, 0.4) is 0 Å². The molecule has 0 aliphatic carbocycles. The van der Waals surface area contributed by atoms with Gasteiger partial charge >= 0.3 is 0 Å². The molecule has 0 spiro atoms. The molecule has 5 rings (SSSR count). The lowest BCUT2D eigenvalue weighted by Gasteiger charge is -2.36. The highest BCUT2D eigenvalue weighted by Gasteiger charge is 2.31. The van der Waals surface area contributed by atoms with Gasteiger partial charge < -0.3 is 9.88 Å². The molecule has 3 aromatic heterocycles. The molecule has 2 aliphatic heterocycles. The summed E-state index contributed by atoms with van der Waals surface area (Å²) in [6.07, 6.45) is 7.54. The molecule has 0 unspecified atom stereocenters. The van der Waals surface area contributed by atoms with Crippen LogP contribution in [0.15, 0.2) is 46.1 Å². The Morgan fingerprint density at radius 3 is 2.84 bits per heavy atom. The van der Waals surface area contributed by atoms with E-state index in [2.05, 4.69) is 14.9 Å². The number of aromatic nitrogens is 3. The second-order valence-electron chi connectivity index (χ2n) is 8.60. The van der Waals surface area contributed by atoms with Gasteiger partial charge in [0.1, 0.15) is 5.82 Å². The molecule has 0 radical (unpaired) electrons. The van der Waals surface area contributed by atoms with Crippen molar-refractivity contribution in [2.75, 3.05) is 13.1 Å². The summed E-state index contributed by atoms with van der Waals surface area (Å²) in [5.74, 6) is 0.741. The lowest BCUT2D eigenvalue weighted by molar-refractivity contribution is -0.134. The van der Waals surface area contributed by atoms with Gasteiger partial charge in [0.05, 0.1) is 18.2 Å². The van der Waals surface area contributed by atoms with Gasteiger partial charge in [-0.2, -0.15) is 11.3 Å². The number of rotatable bonds is 5. The Kier molecular flexibility index (Phi) is 6.14. The van der Waals surface area contributed by atoms with E-state index < -0.39 is 0 Å². The fourth-order valence-corrected chi connectivity index (χ4v) is 5.40. The Morgan fingerprint density at radius 2 is 2.03 bits per heavy atom. The molecule has 1 N–H and O–H groups in total. The van der Waals surface area contributed by atoms with Gasteiger partial charge in [0, 0.05) is 44.1 Å². The predicted molar refractivity (Wildman–Crippen MR) is 123 cm³/mol. The van der Waals surface area contributed by atoms with Gasteiger partial charge in [-0.05, 0) is 65.8 Å². The molecular weight excluding hydrogens is 422 g/mol. The van der Waals surface area contributed by atoms with Crippen LogP contribution in [0.5, 0.6) is 0 Å². The van der Waals surface area contributed by atoms with Gasteiger partial charge in [-0.15, -0.1) is 0 Å². The smallest absolute Gasteiger partial charge is 0.254 e. The lowest BCUT2D eigenvalue weighted by Crippen LogP contribution is -2.42. The highest BCUT2D eigenvalue weighted by atomic mass is 32.1. The van der Waals surface area contributed by atoms with E-state index in [0.717, 1.165) is 49.2 Å². The Morgan fingerprint density at radius 1 is 1.16 bits per heavy atom. The van der Waals surface area contributed by atoms with E-state index in [4.69, 9.17) is 4.98 Å². The number of piperidine rings is 1. The second kappa shape index (κ2) is 9.34. The highest BCUT2D eigenvalue weighted by molar-refractivity contribution is 7.08. The van der Waals surface area contributed by atoms with Crippen molar-refractivity contribution in [3.05, 3.63) is 79.9 Å². The maximum Gasteiger partial charge on any atom is 0.254 e. The molecule has 1 fully saturated rings. The Bertz CT molecular complexity index is 1130. The van der Waals surface area contributed by atoms with Crippen LogP contribution in [-0.2, 0) is 30.7 Å². The van der Waals surface area contributed by atoms with Gasteiger partial charge in [0.25, 0.3) is 5.56 Å². The third-order valence-electron chi connectivity index (χ3n) is 6.40. The Hall–Kier alpha value is -2.84. The van der Waals surface area contributed by atoms with Crippen molar-refractivity contribution in [1.29, 1.82) is 0 Å². The molecule has 7 nitrogen and oxygen atoms in total. The summed E-state index contributed by atoms with van der Waals surface area (Å²) in [5, 5.41) is 4.02. The average Bonchev–Trinajstić information content (AvgIpc) is 3.32. The van der Waals surface area contributed by atoms with Gasteiger partial charge in [0.2, 0.25) is 5.91 Å². The first-order valence-electron chi connectivity index (χ1n) is 11.2. The third kappa shape index (κ3) is 4.52. The number of amides is 1. The van der Waals surface area contributed by atoms with E-state index in [9.17, 15) is 9.59 Å². The summed E-state index contributed by atoms with van der Waals surface area (Å²) >= 11 is 1.60. The number of hydrogen-bond donors (Lipinski definition) is 1. The number of hydrogen-bond acceptors (Lipinski definition) is 6. The molecule has 1 atom stereocenters. The van der Waals surface area contributed by atoms with Crippen LogP contribution in [0, 0.1) is 0 Å². The Labute approximate surface area is 191 Å². The second-order valence-corrected chi connectivity index (χ2v) is 9.38. The molecule has 0 bridgehead atoms. The fraction of sp³-hybridized carbons (Fsp3) is 0.417. The van der Waals surface area contributed by atoms with Gasteiger partial charge in [-0.25, -0.2) is 4.98 Å². The number of pyridine rings is 1. The molecule has 2 aliphatic rings. The zero-order chi connectivity index (χ0) is 21.9. The first-order chi connectivity index (χ1) is 15.7. The van der Waals surface area contributed by atoms with E-state index >= 15 is 0 Å². The summed E-state index contributed by atoms with van der Waals surface area (Å²) in [7, 11) is 0. The van der Waals surface area contributed by atoms with Crippen LogP contribution in [-0.4, -0.2) is 43.7 Å². The quantitative estimate of drug-likeness (QED) is 0.647. The maximum absolute atomic E-state index is 13.1. The number of carbonyl (C=O) groups excluding carboxylic acids is 1. The average molecular weight is 450 g/mol. The molecule has 1 saturated heterocycles. The number of fused-ring (bicyclic) bond motifs is 1. The van der Waals surface area contributed by atoms with Crippen molar-refractivity contribution in [3.63, 3.8) is 0 Å². The number of H-pyrrole nitrogens is 1. The van der Waals surface area contributed by atoms with Crippen molar-refractivity contribution < 1.29 is 4.79 Å². The SMILES string of the molecule is O=C(Cc1ccsc1)N1CCCC[C@@H]1c1nc2c(c(=O)[nH]1)CCN(Cc1ccncc1)C2. The lowest BCUT2D eigenvalue weighted by atomic mass is 9.99. The Balaban J connectivity index is 1.37. The van der Waals surface area contributed by atoms with E-state index in [-0.39, 0.29) is 17.5 Å². The summed E-state index contributed by atoms with van der Waals surface area (Å²) in [5.41, 5.74) is 3.82. The van der Waals surface area contributed by atoms with Crippen LogP contribution in [0.25, 0.3) is 0 Å². The molecule has 166 valence electrons. The molecule has 0 aromatic carbocycles. The van der Waals surface area contributed by atoms with E-state index in [1.165, 1.54) is 5.56 Å². The summed E-state index contributed by atoms with van der Waals surface area (Å²) in [6.45, 7) is 2.99. The van der Waals surface area contributed by atoms with Crippen molar-refractivity contribution in [1.82, 2.24) is 24.8 Å². The van der Waals surface area contributed by atoms with E-state index in [1.807, 2.05) is 33.9 Å². The summed E-state index contributed by atoms with van der Waals surface area (Å²) < 4.78 is 0. The molecule has 3 aromatic rings. The van der Waals surface area contributed by atoms with Crippen molar-refractivity contribution in [2.24, 2.45) is 0 Å². The maximum atomic E-state index is 13.1. The van der Waals surface area contributed by atoms with Gasteiger partial charge in [-0.1, -0.05) is 0 Å². The topological polar surface area (TPSA) is 82.2 Å². The molecular formula is C24H27N5O2S. The third-order valence-corrected chi connectivity index (χ3v) is 7.13. The normalized spacial score (nSPS) is 19.0. The van der Waals surface area contributed by atoms with E-state index in [0.29, 0.717) is 31.8 Å². The minimum Gasteiger partial charge on any atom is -0.332 e. The number of aromatic amines is 1. The van der Waals surface area contributed by atoms with Crippen molar-refractivity contribution >= 4 is 17.2 Å².